The lowest BCUT2D eigenvalue weighted by Crippen LogP contribution is -2.44. The molecule has 0 aromatic rings. The number of likely N-dealkylation sites (N-methyl/N-ethyl adjacent to an activating group) is 1. The van der Waals surface area contributed by atoms with E-state index in [1.807, 2.05) is 13.8 Å². The van der Waals surface area contributed by atoms with Crippen molar-refractivity contribution in [3.63, 3.8) is 0 Å². The Morgan fingerprint density at radius 3 is 2.17 bits per heavy atom. The second kappa shape index (κ2) is 6.40. The van der Waals surface area contributed by atoms with Gasteiger partial charge in [0.05, 0.1) is 6.10 Å². The molecule has 0 rings (SSSR count). The minimum absolute atomic E-state index is 0.168. The summed E-state index contributed by atoms with van der Waals surface area (Å²) in [5, 5.41) is 15.9. The molecule has 0 saturated carbocycles. The molecular formula is C9H22N2O. The molecule has 0 radical (unpaired) electrons. The molecule has 12 heavy (non-hydrogen) atoms. The molecule has 0 aliphatic heterocycles. The van der Waals surface area contributed by atoms with Crippen molar-refractivity contribution in [2.45, 2.75) is 45.9 Å². The summed E-state index contributed by atoms with van der Waals surface area (Å²) in [7, 11) is 0. The van der Waals surface area contributed by atoms with Crippen LogP contribution in [0.15, 0.2) is 0 Å². The molecule has 0 heterocycles. The summed E-state index contributed by atoms with van der Waals surface area (Å²) in [6.45, 7) is 9.75. The Balaban J connectivity index is 3.49. The first-order valence-electron chi connectivity index (χ1n) is 4.72. The molecule has 0 aromatic heterocycles. The minimum atomic E-state index is -0.299. The lowest BCUT2D eigenvalue weighted by Gasteiger charge is -2.20. The smallest absolute Gasteiger partial charge is 0.0814 e. The predicted octanol–water partition coefficient (Wildman–Crippen LogP) is 0.343. The third-order valence-corrected chi connectivity index (χ3v) is 1.84. The van der Waals surface area contributed by atoms with E-state index in [9.17, 15) is 5.11 Å². The second-order valence-electron chi connectivity index (χ2n) is 3.48. The van der Waals surface area contributed by atoms with Crippen LogP contribution in [0, 0.1) is 0 Å². The van der Waals surface area contributed by atoms with Crippen LogP contribution in [-0.2, 0) is 0 Å². The number of nitrogens with one attached hydrogen (secondary N) is 2. The van der Waals surface area contributed by atoms with Crippen molar-refractivity contribution in [3.05, 3.63) is 0 Å². The van der Waals surface area contributed by atoms with Crippen LogP contribution in [0.1, 0.15) is 27.7 Å². The lowest BCUT2D eigenvalue weighted by molar-refractivity contribution is 0.131. The fraction of sp³-hybridized carbons (Fsp3) is 1.00. The maximum absolute atomic E-state index is 9.57. The molecule has 2 atom stereocenters. The average molecular weight is 174 g/mol. The van der Waals surface area contributed by atoms with Gasteiger partial charge in [-0.05, 0) is 13.5 Å². The Hall–Kier alpha value is -0.120. The molecule has 0 bridgehead atoms. The zero-order chi connectivity index (χ0) is 9.56. The maximum atomic E-state index is 9.57. The van der Waals surface area contributed by atoms with Gasteiger partial charge >= 0.3 is 0 Å². The van der Waals surface area contributed by atoms with E-state index in [1.54, 1.807) is 0 Å². The standard InChI is InChI=1S/C9H22N2O/c1-5-10-8(4)9(12)6-11-7(2)3/h7-12H,5-6H2,1-4H3. The van der Waals surface area contributed by atoms with E-state index in [0.717, 1.165) is 6.54 Å². The van der Waals surface area contributed by atoms with E-state index >= 15 is 0 Å². The van der Waals surface area contributed by atoms with Crippen molar-refractivity contribution in [2.24, 2.45) is 0 Å². The van der Waals surface area contributed by atoms with Gasteiger partial charge in [-0.2, -0.15) is 0 Å². The summed E-state index contributed by atoms with van der Waals surface area (Å²) in [6.07, 6.45) is -0.299. The fourth-order valence-electron chi connectivity index (χ4n) is 0.991. The van der Waals surface area contributed by atoms with Crippen LogP contribution in [0.3, 0.4) is 0 Å². The molecule has 0 aliphatic rings. The third kappa shape index (κ3) is 5.52. The average Bonchev–Trinajstić information content (AvgIpc) is 2.00. The molecular weight excluding hydrogens is 152 g/mol. The molecule has 0 aromatic carbocycles. The molecule has 0 aliphatic carbocycles. The third-order valence-electron chi connectivity index (χ3n) is 1.84. The summed E-state index contributed by atoms with van der Waals surface area (Å²) < 4.78 is 0. The molecule has 3 heteroatoms. The number of aliphatic hydroxyl groups is 1. The van der Waals surface area contributed by atoms with Gasteiger partial charge in [0.1, 0.15) is 0 Å². The van der Waals surface area contributed by atoms with Gasteiger partial charge in [-0.1, -0.05) is 20.8 Å². The van der Waals surface area contributed by atoms with Gasteiger partial charge in [0.15, 0.2) is 0 Å². The summed E-state index contributed by atoms with van der Waals surface area (Å²) in [5.74, 6) is 0. The molecule has 0 spiro atoms. The van der Waals surface area contributed by atoms with Gasteiger partial charge in [0.2, 0.25) is 0 Å². The Labute approximate surface area is 75.6 Å². The van der Waals surface area contributed by atoms with Crippen LogP contribution in [-0.4, -0.2) is 36.4 Å². The zero-order valence-electron chi connectivity index (χ0n) is 8.59. The van der Waals surface area contributed by atoms with Crippen molar-refractivity contribution in [3.8, 4) is 0 Å². The Morgan fingerprint density at radius 1 is 1.17 bits per heavy atom. The molecule has 3 nitrogen and oxygen atoms in total. The molecule has 3 N–H and O–H groups in total. The van der Waals surface area contributed by atoms with Crippen molar-refractivity contribution in [1.82, 2.24) is 10.6 Å². The quantitative estimate of drug-likeness (QED) is 0.544. The first-order chi connectivity index (χ1) is 5.57. The number of hydrogen-bond acceptors (Lipinski definition) is 3. The second-order valence-corrected chi connectivity index (χ2v) is 3.48. The van der Waals surface area contributed by atoms with Gasteiger partial charge < -0.3 is 15.7 Å². The van der Waals surface area contributed by atoms with Crippen molar-refractivity contribution in [1.29, 1.82) is 0 Å². The molecule has 0 saturated heterocycles. The zero-order valence-corrected chi connectivity index (χ0v) is 8.59. The van der Waals surface area contributed by atoms with Crippen LogP contribution in [0.2, 0.25) is 0 Å². The highest BCUT2D eigenvalue weighted by atomic mass is 16.3. The number of rotatable bonds is 6. The van der Waals surface area contributed by atoms with Gasteiger partial charge in [-0.25, -0.2) is 0 Å². The Bertz CT molecular complexity index is 107. The van der Waals surface area contributed by atoms with Crippen molar-refractivity contribution < 1.29 is 5.11 Å². The highest BCUT2D eigenvalue weighted by Crippen LogP contribution is 1.91. The summed E-state index contributed by atoms with van der Waals surface area (Å²) >= 11 is 0. The highest BCUT2D eigenvalue weighted by molar-refractivity contribution is 4.73. The lowest BCUT2D eigenvalue weighted by atomic mass is 10.2. The summed E-state index contributed by atoms with van der Waals surface area (Å²) in [6, 6.07) is 0.606. The normalized spacial score (nSPS) is 16.5. The van der Waals surface area contributed by atoms with Gasteiger partial charge in [0.25, 0.3) is 0 Å². The van der Waals surface area contributed by atoms with Crippen LogP contribution in [0.25, 0.3) is 0 Å². The fourth-order valence-corrected chi connectivity index (χ4v) is 0.991. The highest BCUT2D eigenvalue weighted by Gasteiger charge is 2.12. The van der Waals surface area contributed by atoms with Gasteiger partial charge in [0, 0.05) is 18.6 Å². The van der Waals surface area contributed by atoms with E-state index in [0.29, 0.717) is 12.6 Å². The topological polar surface area (TPSA) is 44.3 Å². The van der Waals surface area contributed by atoms with Crippen LogP contribution in [0.5, 0.6) is 0 Å². The first-order valence-corrected chi connectivity index (χ1v) is 4.72. The molecule has 0 fully saturated rings. The molecule has 0 amide bonds. The Morgan fingerprint density at radius 2 is 1.75 bits per heavy atom. The van der Waals surface area contributed by atoms with Crippen molar-refractivity contribution >= 4 is 0 Å². The predicted molar refractivity (Wildman–Crippen MR) is 52.3 cm³/mol. The van der Waals surface area contributed by atoms with E-state index in [1.165, 1.54) is 0 Å². The van der Waals surface area contributed by atoms with E-state index in [-0.39, 0.29) is 12.1 Å². The summed E-state index contributed by atoms with van der Waals surface area (Å²) in [5.41, 5.74) is 0. The van der Waals surface area contributed by atoms with E-state index in [4.69, 9.17) is 0 Å². The van der Waals surface area contributed by atoms with Crippen LogP contribution >= 0.6 is 0 Å². The van der Waals surface area contributed by atoms with Crippen LogP contribution < -0.4 is 10.6 Å². The molecule has 74 valence electrons. The minimum Gasteiger partial charge on any atom is -0.390 e. The first kappa shape index (κ1) is 11.9. The van der Waals surface area contributed by atoms with Crippen LogP contribution in [0.4, 0.5) is 0 Å². The van der Waals surface area contributed by atoms with Gasteiger partial charge in [-0.3, -0.25) is 0 Å². The van der Waals surface area contributed by atoms with E-state index in [2.05, 4.69) is 24.5 Å². The maximum Gasteiger partial charge on any atom is 0.0814 e. The van der Waals surface area contributed by atoms with Gasteiger partial charge in [-0.15, -0.1) is 0 Å². The number of aliphatic hydroxyl groups excluding tert-OH is 1. The monoisotopic (exact) mass is 174 g/mol. The van der Waals surface area contributed by atoms with E-state index < -0.39 is 0 Å². The number of hydrogen-bond donors (Lipinski definition) is 3. The largest absolute Gasteiger partial charge is 0.390 e. The van der Waals surface area contributed by atoms with Crippen molar-refractivity contribution in [2.75, 3.05) is 13.1 Å². The summed E-state index contributed by atoms with van der Waals surface area (Å²) in [4.78, 5) is 0. The molecule has 2 unspecified atom stereocenters. The Kier molecular flexibility index (Phi) is 6.34. The SMILES string of the molecule is CCNC(C)C(O)CNC(C)C.